The normalized spacial score (nSPS) is 14.6. The quantitative estimate of drug-likeness (QED) is 0.694. The molecule has 0 aromatic heterocycles. The minimum Gasteiger partial charge on any atom is -0.437 e. The lowest BCUT2D eigenvalue weighted by Gasteiger charge is -2.36. The van der Waals surface area contributed by atoms with Crippen LogP contribution in [-0.4, -0.2) is 25.2 Å². The second kappa shape index (κ2) is 4.61. The van der Waals surface area contributed by atoms with Gasteiger partial charge in [0.15, 0.2) is 16.6 Å². The van der Waals surface area contributed by atoms with Gasteiger partial charge >= 0.3 is 8.56 Å². The van der Waals surface area contributed by atoms with Crippen molar-refractivity contribution in [3.8, 4) is 0 Å². The Morgan fingerprint density at radius 1 is 0.786 bits per heavy atom. The van der Waals surface area contributed by atoms with Crippen LogP contribution in [0.3, 0.4) is 0 Å². The van der Waals surface area contributed by atoms with Crippen LogP contribution >= 0.6 is 0 Å². The molecule has 0 heterocycles. The van der Waals surface area contributed by atoms with Crippen molar-refractivity contribution in [2.24, 2.45) is 0 Å². The minimum atomic E-state index is -1.90. The van der Waals surface area contributed by atoms with Gasteiger partial charge in [0, 0.05) is 0 Å². The Labute approximate surface area is 92.5 Å². The number of hydrogen-bond donors (Lipinski definition) is 0. The molecular formula is C9H25O2Si3. The summed E-state index contributed by atoms with van der Waals surface area (Å²) in [6, 6.07) is 2.22. The first kappa shape index (κ1) is 14.6. The van der Waals surface area contributed by atoms with Crippen molar-refractivity contribution in [2.45, 2.75) is 52.8 Å². The molecule has 14 heavy (non-hydrogen) atoms. The van der Waals surface area contributed by atoms with Crippen LogP contribution in [0.2, 0.25) is 45.8 Å². The molecule has 0 unspecified atom stereocenters. The molecule has 0 aliphatic carbocycles. The summed E-state index contributed by atoms with van der Waals surface area (Å²) in [6.07, 6.45) is 0. The zero-order valence-electron chi connectivity index (χ0n) is 10.9. The maximum atomic E-state index is 6.19. The van der Waals surface area contributed by atoms with Crippen molar-refractivity contribution in [2.75, 3.05) is 0 Å². The molecule has 0 aromatic carbocycles. The first-order valence-electron chi connectivity index (χ1n) is 5.18. The molecule has 0 fully saturated rings. The molecule has 0 amide bonds. The fraction of sp³-hybridized carbons (Fsp3) is 0.889. The fourth-order valence-corrected chi connectivity index (χ4v) is 13.4. The zero-order chi connectivity index (χ0) is 11.6. The number of hydrogen-bond acceptors (Lipinski definition) is 2. The molecular weight excluding hydrogens is 224 g/mol. The molecule has 0 saturated heterocycles. The van der Waals surface area contributed by atoms with Crippen molar-refractivity contribution >= 4 is 25.2 Å². The van der Waals surface area contributed by atoms with E-state index in [2.05, 4.69) is 58.8 Å². The first-order valence-corrected chi connectivity index (χ1v) is 14.4. The van der Waals surface area contributed by atoms with E-state index in [9.17, 15) is 0 Å². The van der Waals surface area contributed by atoms with E-state index in [1.807, 2.05) is 0 Å². The van der Waals surface area contributed by atoms with Gasteiger partial charge in [-0.2, -0.15) is 0 Å². The van der Waals surface area contributed by atoms with Gasteiger partial charge in [0.2, 0.25) is 0 Å². The Bertz CT molecular complexity index is 185. The van der Waals surface area contributed by atoms with Crippen LogP contribution in [0.1, 0.15) is 6.92 Å². The predicted molar refractivity (Wildman–Crippen MR) is 70.5 cm³/mol. The van der Waals surface area contributed by atoms with Gasteiger partial charge in [0.25, 0.3) is 0 Å². The summed E-state index contributed by atoms with van der Waals surface area (Å²) < 4.78 is 12.3. The third-order valence-electron chi connectivity index (χ3n) is 1.76. The van der Waals surface area contributed by atoms with Crippen LogP contribution in [0.4, 0.5) is 0 Å². The Kier molecular flexibility index (Phi) is 4.80. The van der Waals surface area contributed by atoms with E-state index < -0.39 is 25.2 Å². The standard InChI is InChI=1S/C9H25O2Si3/c1-9-13(5,6)11-14(7,8)10-12(2,3)4/h9H,1-8H3. The molecule has 0 saturated carbocycles. The molecule has 0 aliphatic heterocycles. The lowest BCUT2D eigenvalue weighted by Crippen LogP contribution is -2.51. The maximum Gasteiger partial charge on any atom is 0.311 e. The summed E-state index contributed by atoms with van der Waals surface area (Å²) in [7, 11) is -4.94. The van der Waals surface area contributed by atoms with E-state index in [1.165, 1.54) is 0 Å². The molecule has 0 rings (SSSR count). The van der Waals surface area contributed by atoms with Crippen LogP contribution in [-0.2, 0) is 8.23 Å². The van der Waals surface area contributed by atoms with E-state index >= 15 is 0 Å². The van der Waals surface area contributed by atoms with E-state index in [0.717, 1.165) is 0 Å². The highest BCUT2D eigenvalue weighted by atomic mass is 28.5. The molecule has 2 nitrogen and oxygen atoms in total. The highest BCUT2D eigenvalue weighted by Gasteiger charge is 2.36. The predicted octanol–water partition coefficient (Wildman–Crippen LogP) is 3.52. The van der Waals surface area contributed by atoms with Crippen LogP contribution < -0.4 is 0 Å². The van der Waals surface area contributed by atoms with Gasteiger partial charge < -0.3 is 8.23 Å². The molecule has 0 N–H and O–H groups in total. The van der Waals surface area contributed by atoms with Crippen LogP contribution in [0.25, 0.3) is 0 Å². The first-order chi connectivity index (χ1) is 5.97. The van der Waals surface area contributed by atoms with Gasteiger partial charge in [-0.15, -0.1) is 0 Å². The van der Waals surface area contributed by atoms with Gasteiger partial charge in [0.05, 0.1) is 0 Å². The van der Waals surface area contributed by atoms with Gasteiger partial charge in [0.1, 0.15) is 0 Å². The smallest absolute Gasteiger partial charge is 0.311 e. The average Bonchev–Trinajstić information content (AvgIpc) is 1.78. The fourth-order valence-electron chi connectivity index (χ4n) is 1.45. The van der Waals surface area contributed by atoms with Crippen molar-refractivity contribution < 1.29 is 8.23 Å². The van der Waals surface area contributed by atoms with Gasteiger partial charge in [-0.05, 0) is 51.9 Å². The van der Waals surface area contributed by atoms with Crippen LogP contribution in [0.15, 0.2) is 0 Å². The van der Waals surface area contributed by atoms with Crippen molar-refractivity contribution in [1.82, 2.24) is 0 Å². The maximum absolute atomic E-state index is 6.19. The van der Waals surface area contributed by atoms with Gasteiger partial charge in [-0.3, -0.25) is 0 Å². The van der Waals surface area contributed by atoms with E-state index in [-0.39, 0.29) is 0 Å². The monoisotopic (exact) mass is 249 g/mol. The number of rotatable bonds is 5. The summed E-state index contributed by atoms with van der Waals surface area (Å²) in [4.78, 5) is 0. The highest BCUT2D eigenvalue weighted by molar-refractivity contribution is 6.88. The average molecular weight is 250 g/mol. The highest BCUT2D eigenvalue weighted by Crippen LogP contribution is 2.21. The molecule has 0 aliphatic rings. The Balaban J connectivity index is 4.35. The summed E-state index contributed by atoms with van der Waals surface area (Å²) in [5.41, 5.74) is 0. The van der Waals surface area contributed by atoms with Gasteiger partial charge in [-0.1, -0.05) is 6.92 Å². The molecule has 0 atom stereocenters. The van der Waals surface area contributed by atoms with E-state index in [0.29, 0.717) is 0 Å². The largest absolute Gasteiger partial charge is 0.437 e. The minimum absolute atomic E-state index is 1.46. The molecule has 85 valence electrons. The Hall–Kier alpha value is 0.571. The summed E-state index contributed by atoms with van der Waals surface area (Å²) in [5, 5.41) is 0. The van der Waals surface area contributed by atoms with Crippen molar-refractivity contribution in [3.05, 3.63) is 6.04 Å². The molecule has 0 spiro atoms. The summed E-state index contributed by atoms with van der Waals surface area (Å²) in [5.74, 6) is 0. The van der Waals surface area contributed by atoms with E-state index in [1.54, 1.807) is 0 Å². The molecule has 0 aromatic rings. The van der Waals surface area contributed by atoms with Gasteiger partial charge in [-0.25, -0.2) is 0 Å². The zero-order valence-corrected chi connectivity index (χ0v) is 13.9. The second-order valence-corrected chi connectivity index (χ2v) is 18.1. The summed E-state index contributed by atoms with van der Waals surface area (Å²) >= 11 is 0. The topological polar surface area (TPSA) is 18.5 Å². The van der Waals surface area contributed by atoms with Crippen molar-refractivity contribution in [3.63, 3.8) is 0 Å². The van der Waals surface area contributed by atoms with Crippen LogP contribution in [0.5, 0.6) is 0 Å². The lowest BCUT2D eigenvalue weighted by atomic mass is 11.0. The van der Waals surface area contributed by atoms with Crippen molar-refractivity contribution in [1.29, 1.82) is 0 Å². The van der Waals surface area contributed by atoms with Crippen LogP contribution in [0, 0.1) is 6.04 Å². The lowest BCUT2D eigenvalue weighted by molar-refractivity contribution is 0.396. The third kappa shape index (κ3) is 6.94. The molecule has 5 heteroatoms. The SMILES string of the molecule is C[CH][Si](C)(C)O[Si](C)(C)O[Si](C)(C)C. The molecule has 1 radical (unpaired) electrons. The molecule has 0 bridgehead atoms. The summed E-state index contributed by atoms with van der Waals surface area (Å²) in [6.45, 7) is 17.5. The Morgan fingerprint density at radius 3 is 1.50 bits per heavy atom. The Morgan fingerprint density at radius 2 is 1.21 bits per heavy atom. The second-order valence-electron chi connectivity index (χ2n) is 5.61. The third-order valence-corrected chi connectivity index (χ3v) is 11.6. The van der Waals surface area contributed by atoms with E-state index in [4.69, 9.17) is 8.23 Å².